The summed E-state index contributed by atoms with van der Waals surface area (Å²) in [6.45, 7) is 1.19. The van der Waals surface area contributed by atoms with Gasteiger partial charge in [-0.05, 0) is 37.3 Å². The Morgan fingerprint density at radius 2 is 2.08 bits per heavy atom. The van der Waals surface area contributed by atoms with Crippen LogP contribution < -0.4 is 4.74 Å². The van der Waals surface area contributed by atoms with Gasteiger partial charge in [0.2, 0.25) is 0 Å². The molecule has 0 aromatic heterocycles. The fraction of sp³-hybridized carbons (Fsp3) is 0.529. The number of alkyl halides is 3. The Morgan fingerprint density at radius 1 is 1.40 bits per heavy atom. The lowest BCUT2D eigenvalue weighted by Gasteiger charge is -2.39. The molecule has 1 aromatic rings. The standard InChI is InChI=1S/C17H19F3N2O3/c1-11-7-8-14-13(9-11)16(24,17(18,19)20)22(21-14)15(23)10-25-12-5-3-2-4-6-12/h2-6,11,13,24H,7-10H2,1H3/t11-,13+,16+/m1/s1. The molecule has 1 aliphatic carbocycles. The van der Waals surface area contributed by atoms with Gasteiger partial charge in [-0.1, -0.05) is 25.1 Å². The lowest BCUT2D eigenvalue weighted by Crippen LogP contribution is -2.62. The van der Waals surface area contributed by atoms with Crippen LogP contribution in [0.3, 0.4) is 0 Å². The number of carbonyl (C=O) groups excluding carboxylic acids is 1. The van der Waals surface area contributed by atoms with Crippen molar-refractivity contribution in [3.63, 3.8) is 0 Å². The van der Waals surface area contributed by atoms with Crippen LogP contribution in [0.4, 0.5) is 13.2 Å². The zero-order valence-corrected chi connectivity index (χ0v) is 13.7. The molecule has 0 bridgehead atoms. The second-order valence-electron chi connectivity index (χ2n) is 6.55. The highest BCUT2D eigenvalue weighted by atomic mass is 19.4. The number of carbonyl (C=O) groups is 1. The lowest BCUT2D eigenvalue weighted by atomic mass is 9.76. The molecule has 1 fully saturated rings. The van der Waals surface area contributed by atoms with E-state index in [1.165, 1.54) is 0 Å². The van der Waals surface area contributed by atoms with Crippen LogP contribution in [0.2, 0.25) is 0 Å². The van der Waals surface area contributed by atoms with Crippen LogP contribution in [-0.2, 0) is 4.79 Å². The zero-order chi connectivity index (χ0) is 18.2. The fourth-order valence-electron chi connectivity index (χ4n) is 3.38. The average Bonchev–Trinajstić information content (AvgIpc) is 2.87. The highest BCUT2D eigenvalue weighted by molar-refractivity contribution is 5.93. The number of halogens is 3. The normalized spacial score (nSPS) is 29.2. The first-order chi connectivity index (χ1) is 11.7. The minimum absolute atomic E-state index is 0.0217. The van der Waals surface area contributed by atoms with Crippen LogP contribution in [0, 0.1) is 11.8 Å². The number of amides is 1. The molecule has 136 valence electrons. The fourth-order valence-corrected chi connectivity index (χ4v) is 3.38. The molecule has 8 heteroatoms. The maximum absolute atomic E-state index is 13.7. The molecule has 2 aliphatic rings. The van der Waals surface area contributed by atoms with Gasteiger partial charge in [0.25, 0.3) is 11.6 Å². The van der Waals surface area contributed by atoms with Gasteiger partial charge in [-0.25, -0.2) is 0 Å². The van der Waals surface area contributed by atoms with E-state index < -0.39 is 30.3 Å². The predicted octanol–water partition coefficient (Wildman–Crippen LogP) is 2.95. The van der Waals surface area contributed by atoms with Crippen LogP contribution in [-0.4, -0.2) is 40.2 Å². The van der Waals surface area contributed by atoms with Crippen molar-refractivity contribution in [1.82, 2.24) is 5.01 Å². The van der Waals surface area contributed by atoms with Crippen molar-refractivity contribution in [1.29, 1.82) is 0 Å². The predicted molar refractivity (Wildman–Crippen MR) is 83.7 cm³/mol. The molecule has 0 radical (unpaired) electrons. The van der Waals surface area contributed by atoms with Crippen molar-refractivity contribution in [2.24, 2.45) is 16.9 Å². The molecule has 1 N–H and O–H groups in total. The first kappa shape index (κ1) is 17.7. The molecule has 1 amide bonds. The first-order valence-electron chi connectivity index (χ1n) is 8.11. The Labute approximate surface area is 143 Å². The molecule has 0 saturated heterocycles. The molecule has 1 aliphatic heterocycles. The van der Waals surface area contributed by atoms with E-state index in [0.717, 1.165) is 0 Å². The van der Waals surface area contributed by atoms with E-state index >= 15 is 0 Å². The van der Waals surface area contributed by atoms with Crippen molar-refractivity contribution in [2.75, 3.05) is 6.61 Å². The summed E-state index contributed by atoms with van der Waals surface area (Å²) in [5.41, 5.74) is -3.08. The second-order valence-corrected chi connectivity index (χ2v) is 6.55. The number of hydrogen-bond donors (Lipinski definition) is 1. The SMILES string of the molecule is C[C@@H]1CCC2=NN(C(=O)COc3ccccc3)[C@@](O)(C(F)(F)F)[C@H]2C1. The van der Waals surface area contributed by atoms with Gasteiger partial charge in [0.1, 0.15) is 5.75 Å². The van der Waals surface area contributed by atoms with Crippen molar-refractivity contribution in [3.8, 4) is 5.75 Å². The van der Waals surface area contributed by atoms with Gasteiger partial charge in [-0.2, -0.15) is 23.3 Å². The Bertz CT molecular complexity index is 677. The number of fused-ring (bicyclic) bond motifs is 1. The van der Waals surface area contributed by atoms with E-state index in [4.69, 9.17) is 4.74 Å². The highest BCUT2D eigenvalue weighted by Gasteiger charge is 2.68. The maximum atomic E-state index is 13.7. The number of benzene rings is 1. The number of hydrazone groups is 1. The van der Waals surface area contributed by atoms with Crippen LogP contribution in [0.5, 0.6) is 5.75 Å². The molecular weight excluding hydrogens is 337 g/mol. The third-order valence-electron chi connectivity index (χ3n) is 4.73. The van der Waals surface area contributed by atoms with E-state index in [1.807, 2.05) is 6.92 Å². The summed E-state index contributed by atoms with van der Waals surface area (Å²) in [5, 5.41) is 14.5. The number of aliphatic hydroxyl groups is 1. The van der Waals surface area contributed by atoms with Gasteiger partial charge in [-0.3, -0.25) is 4.79 Å². The van der Waals surface area contributed by atoms with Gasteiger partial charge < -0.3 is 9.84 Å². The van der Waals surface area contributed by atoms with Crippen molar-refractivity contribution in [2.45, 2.75) is 38.1 Å². The Hall–Kier alpha value is -2.09. The maximum Gasteiger partial charge on any atom is 0.439 e. The van der Waals surface area contributed by atoms with Crippen molar-refractivity contribution < 1.29 is 27.8 Å². The highest BCUT2D eigenvalue weighted by Crippen LogP contribution is 2.49. The van der Waals surface area contributed by atoms with E-state index in [9.17, 15) is 23.1 Å². The number of nitrogens with zero attached hydrogens (tertiary/aromatic N) is 2. The van der Waals surface area contributed by atoms with Crippen LogP contribution in [0.15, 0.2) is 35.4 Å². The van der Waals surface area contributed by atoms with E-state index in [-0.39, 0.29) is 23.1 Å². The third-order valence-corrected chi connectivity index (χ3v) is 4.73. The van der Waals surface area contributed by atoms with Gasteiger partial charge >= 0.3 is 6.18 Å². The molecule has 3 rings (SSSR count). The minimum atomic E-state index is -5.01. The Kier molecular flexibility index (Phi) is 4.49. The van der Waals surface area contributed by atoms with Crippen LogP contribution >= 0.6 is 0 Å². The van der Waals surface area contributed by atoms with Crippen molar-refractivity contribution >= 4 is 11.6 Å². The molecule has 5 nitrogen and oxygen atoms in total. The second kappa shape index (κ2) is 6.33. The molecule has 1 heterocycles. The largest absolute Gasteiger partial charge is 0.484 e. The number of hydrogen-bond acceptors (Lipinski definition) is 4. The average molecular weight is 356 g/mol. The topological polar surface area (TPSA) is 62.1 Å². The molecule has 25 heavy (non-hydrogen) atoms. The smallest absolute Gasteiger partial charge is 0.439 e. The van der Waals surface area contributed by atoms with Gasteiger partial charge in [0, 0.05) is 5.71 Å². The van der Waals surface area contributed by atoms with E-state index in [2.05, 4.69) is 5.10 Å². The summed E-state index contributed by atoms with van der Waals surface area (Å²) in [4.78, 5) is 12.3. The number of para-hydroxylation sites is 1. The zero-order valence-electron chi connectivity index (χ0n) is 13.7. The minimum Gasteiger partial charge on any atom is -0.484 e. The molecular formula is C17H19F3N2O3. The van der Waals surface area contributed by atoms with E-state index in [1.54, 1.807) is 30.3 Å². The number of rotatable bonds is 3. The first-order valence-corrected chi connectivity index (χ1v) is 8.11. The van der Waals surface area contributed by atoms with Crippen LogP contribution in [0.25, 0.3) is 0 Å². The number of ether oxygens (including phenoxy) is 1. The third kappa shape index (κ3) is 3.10. The summed E-state index contributed by atoms with van der Waals surface area (Å²) in [5.74, 6) is -1.88. The van der Waals surface area contributed by atoms with Crippen molar-refractivity contribution in [3.05, 3.63) is 30.3 Å². The quantitative estimate of drug-likeness (QED) is 0.906. The summed E-state index contributed by atoms with van der Waals surface area (Å²) in [7, 11) is 0. The summed E-state index contributed by atoms with van der Waals surface area (Å²) in [6.07, 6.45) is -3.85. The van der Waals surface area contributed by atoms with Gasteiger partial charge in [0.15, 0.2) is 6.61 Å². The molecule has 0 unspecified atom stereocenters. The Morgan fingerprint density at radius 3 is 2.72 bits per heavy atom. The molecule has 1 saturated carbocycles. The van der Waals surface area contributed by atoms with Crippen LogP contribution in [0.1, 0.15) is 26.2 Å². The molecule has 0 spiro atoms. The molecule has 1 aromatic carbocycles. The van der Waals surface area contributed by atoms with Gasteiger partial charge in [-0.15, -0.1) is 0 Å². The monoisotopic (exact) mass is 356 g/mol. The summed E-state index contributed by atoms with van der Waals surface area (Å²) in [6, 6.07) is 8.27. The lowest BCUT2D eigenvalue weighted by molar-refractivity contribution is -0.318. The summed E-state index contributed by atoms with van der Waals surface area (Å²) >= 11 is 0. The Balaban J connectivity index is 1.83. The molecule has 3 atom stereocenters. The van der Waals surface area contributed by atoms with E-state index in [0.29, 0.717) is 18.6 Å². The summed E-state index contributed by atoms with van der Waals surface area (Å²) < 4.78 is 46.2. The van der Waals surface area contributed by atoms with Gasteiger partial charge in [0.05, 0.1) is 5.92 Å².